The zero-order valence-electron chi connectivity index (χ0n) is 23.8. The quantitative estimate of drug-likeness (QED) is 0.257. The summed E-state index contributed by atoms with van der Waals surface area (Å²) in [6, 6.07) is 3.46. The van der Waals surface area contributed by atoms with Crippen LogP contribution in [-0.2, 0) is 37.8 Å². The zero-order chi connectivity index (χ0) is 29.1. The molecule has 2 unspecified atom stereocenters. The summed E-state index contributed by atoms with van der Waals surface area (Å²) in [5.74, 6) is 0.0373. The maximum atomic E-state index is 15.5. The molecule has 38 heavy (non-hydrogen) atoms. The molecule has 1 aromatic carbocycles. The number of nitrogens with zero attached hydrogens (tertiary/aromatic N) is 1. The number of hydrogen-bond acceptors (Lipinski definition) is 6. The molecule has 0 spiro atoms. The normalized spacial score (nSPS) is 16.6. The fourth-order valence-corrected chi connectivity index (χ4v) is 5.15. The molecule has 1 aromatic heterocycles. The summed E-state index contributed by atoms with van der Waals surface area (Å²) in [4.78, 5) is 14.6. The van der Waals surface area contributed by atoms with Crippen molar-refractivity contribution in [1.82, 2.24) is 9.55 Å². The Hall–Kier alpha value is -1.51. The maximum absolute atomic E-state index is 15.5. The predicted molar refractivity (Wildman–Crippen MR) is 154 cm³/mol. The topological polar surface area (TPSA) is 74.7 Å². The highest BCUT2D eigenvalue weighted by Gasteiger charge is 2.39. The molecule has 0 aliphatic carbocycles. The Morgan fingerprint density at radius 1 is 1.18 bits per heavy atom. The average molecular weight is 562 g/mol. The van der Waals surface area contributed by atoms with Gasteiger partial charge in [-0.15, -0.1) is 0 Å². The van der Waals surface area contributed by atoms with E-state index < -0.39 is 25.5 Å². The molecule has 12 heteroatoms. The van der Waals surface area contributed by atoms with Crippen molar-refractivity contribution in [3.05, 3.63) is 56.0 Å². The number of aryl methyl sites for hydroxylation is 1. The van der Waals surface area contributed by atoms with E-state index in [0.29, 0.717) is 21.5 Å². The smallest absolute Gasteiger partial charge is 0.396 e. The lowest BCUT2D eigenvalue weighted by atomic mass is 9.61. The van der Waals surface area contributed by atoms with Gasteiger partial charge < -0.3 is 18.4 Å². The summed E-state index contributed by atoms with van der Waals surface area (Å²) in [6.45, 7) is 16.2. The van der Waals surface area contributed by atoms with Crippen LogP contribution in [0.25, 0.3) is 0 Å². The number of aromatic amines is 1. The van der Waals surface area contributed by atoms with Gasteiger partial charge in [-0.05, 0) is 34.9 Å². The van der Waals surface area contributed by atoms with Gasteiger partial charge in [-0.2, -0.15) is 0 Å². The fraction of sp³-hybridized carbons (Fsp3) is 0.615. The molecule has 0 saturated carbocycles. The van der Waals surface area contributed by atoms with Crippen molar-refractivity contribution >= 4 is 36.5 Å². The second-order valence-electron chi connectivity index (χ2n) is 10.9. The van der Waals surface area contributed by atoms with E-state index in [-0.39, 0.29) is 36.5 Å². The van der Waals surface area contributed by atoms with Crippen LogP contribution < -0.4 is 10.2 Å². The number of hydrogen-bond donors (Lipinski definition) is 1. The van der Waals surface area contributed by atoms with Gasteiger partial charge in [0.1, 0.15) is 31.9 Å². The Labute approximate surface area is 234 Å². The summed E-state index contributed by atoms with van der Waals surface area (Å²) in [6.07, 6.45) is 1.02. The van der Waals surface area contributed by atoms with Crippen LogP contribution in [0.1, 0.15) is 78.5 Å². The van der Waals surface area contributed by atoms with Crippen LogP contribution in [0.15, 0.2) is 23.1 Å². The second kappa shape index (κ2) is 12.8. The first-order valence-corrected chi connectivity index (χ1v) is 14.1. The van der Waals surface area contributed by atoms with E-state index in [1.165, 1.54) is 11.7 Å². The Bertz CT molecular complexity index is 1220. The summed E-state index contributed by atoms with van der Waals surface area (Å²) in [7, 11) is 12.0. The average Bonchev–Trinajstić information content (AvgIpc) is 2.80. The number of fused-ring (bicyclic) bond motifs is 1. The molecule has 2 atom stereocenters. The van der Waals surface area contributed by atoms with E-state index in [0.717, 1.165) is 5.56 Å². The Balaban J connectivity index is 0.00000247. The molecule has 1 aliphatic heterocycles. The first kappa shape index (κ1) is 32.7. The first-order chi connectivity index (χ1) is 17.5. The predicted octanol–water partition coefficient (Wildman–Crippen LogP) is 5.91. The van der Waals surface area contributed by atoms with Crippen molar-refractivity contribution < 1.29 is 22.7 Å². The van der Waals surface area contributed by atoms with Crippen molar-refractivity contribution in [3.8, 4) is 5.75 Å². The molecule has 4 radical (unpaired) electrons. The van der Waals surface area contributed by atoms with Crippen LogP contribution in [0, 0.1) is 10.5 Å². The summed E-state index contributed by atoms with van der Waals surface area (Å²) < 4.78 is 40.4. The Morgan fingerprint density at radius 3 is 2.32 bits per heavy atom. The van der Waals surface area contributed by atoms with Gasteiger partial charge in [0.15, 0.2) is 0 Å². The number of H-pyrrole nitrogens is 1. The number of ether oxygens (including phenoxy) is 1. The molecule has 0 bridgehead atoms. The molecule has 1 N–H and O–H groups in total. The lowest BCUT2D eigenvalue weighted by molar-refractivity contribution is 0.000856. The van der Waals surface area contributed by atoms with E-state index in [9.17, 15) is 4.79 Å². The van der Waals surface area contributed by atoms with Crippen LogP contribution in [0.2, 0.25) is 0 Å². The number of benzene rings is 1. The largest absolute Gasteiger partial charge is 0.426 e. The molecule has 3 rings (SSSR count). The molecular weight excluding hydrogens is 524 g/mol. The van der Waals surface area contributed by atoms with Crippen LogP contribution in [0.3, 0.4) is 0 Å². The third kappa shape index (κ3) is 7.79. The fourth-order valence-electron chi connectivity index (χ4n) is 3.89. The van der Waals surface area contributed by atoms with Gasteiger partial charge in [-0.25, -0.2) is 9.18 Å². The van der Waals surface area contributed by atoms with E-state index in [1.54, 1.807) is 12.3 Å². The van der Waals surface area contributed by atoms with E-state index in [2.05, 4.69) is 4.98 Å². The molecule has 0 saturated heterocycles. The number of methoxy groups -OCH3 is 1. The zero-order valence-corrected chi connectivity index (χ0v) is 25.5. The lowest BCUT2D eigenvalue weighted by Gasteiger charge is -2.39. The number of nitrogens with one attached hydrogen (secondary N) is 1. The highest BCUT2D eigenvalue weighted by Crippen LogP contribution is 2.54. The summed E-state index contributed by atoms with van der Waals surface area (Å²) in [5.41, 5.74) is 0.681. The van der Waals surface area contributed by atoms with E-state index in [4.69, 9.17) is 46.2 Å². The SMILES string of the molecule is CC.[B]C([B])(OP1OCc2c(F)c(C(C)(C)C)cc(C(C)(C)C)c2O1)C(CCn1ccc(=S)[nH]c1=O)OC. The molecular formula is C26H38B2FN2O5PS. The first-order valence-electron chi connectivity index (χ1n) is 12.6. The van der Waals surface area contributed by atoms with Gasteiger partial charge in [0, 0.05) is 30.8 Å². The minimum Gasteiger partial charge on any atom is -0.426 e. The molecule has 7 nitrogen and oxygen atoms in total. The Kier molecular flexibility index (Phi) is 11.0. The van der Waals surface area contributed by atoms with Gasteiger partial charge >= 0.3 is 14.3 Å². The Morgan fingerprint density at radius 2 is 1.79 bits per heavy atom. The minimum atomic E-state index is -2.06. The van der Waals surface area contributed by atoms with E-state index >= 15 is 4.39 Å². The standard InChI is InChI=1S/C24H32B2FN2O5PS.C2H6/c1-22(2,3)15-12-16(23(4,5)6)20-14(19(15)27)13-32-35(33-20)34-24(25,26)17(31-7)8-10-29-11-9-18(36)28-21(29)30;1-2/h9,11-12,17H,8,10,13H2,1-7H3,(H,28,30,36);1-2H3. The molecule has 1 aliphatic rings. The molecule has 206 valence electrons. The number of aromatic nitrogens is 2. The van der Waals surface area contributed by atoms with Crippen LogP contribution >= 0.6 is 20.8 Å². The molecule has 0 amide bonds. The summed E-state index contributed by atoms with van der Waals surface area (Å²) in [5, 5.41) is -1.81. The second-order valence-corrected chi connectivity index (χ2v) is 12.5. The van der Waals surface area contributed by atoms with Crippen LogP contribution in [-0.4, -0.2) is 43.9 Å². The van der Waals surface area contributed by atoms with Crippen molar-refractivity contribution in [3.63, 3.8) is 0 Å². The third-order valence-corrected chi connectivity index (χ3v) is 7.33. The minimum absolute atomic E-state index is 0.0494. The highest BCUT2D eigenvalue weighted by atomic mass is 32.1. The molecule has 2 heterocycles. The van der Waals surface area contributed by atoms with Gasteiger partial charge in [-0.3, -0.25) is 9.51 Å². The number of halogens is 1. The molecule has 0 fully saturated rings. The van der Waals surface area contributed by atoms with Crippen molar-refractivity contribution in [2.75, 3.05) is 7.11 Å². The van der Waals surface area contributed by atoms with E-state index in [1.807, 2.05) is 61.5 Å². The third-order valence-electron chi connectivity index (χ3n) is 5.95. The molecule has 2 aromatic rings. The maximum Gasteiger partial charge on any atom is 0.396 e. The van der Waals surface area contributed by atoms with Crippen molar-refractivity contribution in [2.45, 2.75) is 97.3 Å². The lowest BCUT2D eigenvalue weighted by Crippen LogP contribution is -2.47. The van der Waals surface area contributed by atoms with Crippen molar-refractivity contribution in [2.24, 2.45) is 0 Å². The number of rotatable bonds is 7. The van der Waals surface area contributed by atoms with Gasteiger partial charge in [0.2, 0.25) is 0 Å². The van der Waals surface area contributed by atoms with Gasteiger partial charge in [0.05, 0.1) is 18.3 Å². The monoisotopic (exact) mass is 562 g/mol. The van der Waals surface area contributed by atoms with Crippen LogP contribution in [0.4, 0.5) is 4.39 Å². The van der Waals surface area contributed by atoms with Gasteiger partial charge in [-0.1, -0.05) is 67.6 Å². The van der Waals surface area contributed by atoms with Crippen LogP contribution in [0.5, 0.6) is 5.75 Å². The summed E-state index contributed by atoms with van der Waals surface area (Å²) >= 11 is 4.96. The highest BCUT2D eigenvalue weighted by molar-refractivity contribution is 7.71. The van der Waals surface area contributed by atoms with Gasteiger partial charge in [0.25, 0.3) is 0 Å². The van der Waals surface area contributed by atoms with Crippen molar-refractivity contribution in [1.29, 1.82) is 0 Å².